The lowest BCUT2D eigenvalue weighted by atomic mass is 10.1. The topological polar surface area (TPSA) is 42.0 Å². The van der Waals surface area contributed by atoms with E-state index < -0.39 is 0 Å². The van der Waals surface area contributed by atoms with Crippen LogP contribution in [-0.4, -0.2) is 17.4 Å². The van der Waals surface area contributed by atoms with Crippen molar-refractivity contribution >= 4 is 18.3 Å². The summed E-state index contributed by atoms with van der Waals surface area (Å²) in [6, 6.07) is 3.52. The van der Waals surface area contributed by atoms with E-state index >= 15 is 0 Å². The molecular formula is C11H17ClN2O. The van der Waals surface area contributed by atoms with Gasteiger partial charge in [0.1, 0.15) is 0 Å². The largest absolute Gasteiger partial charge is 0.352 e. The fraction of sp³-hybridized carbons (Fsp3) is 0.455. The second-order valence-electron chi connectivity index (χ2n) is 3.68. The first-order valence-electron chi connectivity index (χ1n) is 4.88. The highest BCUT2D eigenvalue weighted by Gasteiger charge is 2.03. The average Bonchev–Trinajstić information content (AvgIpc) is 2.18. The number of amides is 1. The predicted octanol–water partition coefficient (Wildman–Crippen LogP) is 2.28. The zero-order valence-corrected chi connectivity index (χ0v) is 9.88. The van der Waals surface area contributed by atoms with Crippen LogP contribution in [0.25, 0.3) is 0 Å². The highest BCUT2D eigenvalue weighted by molar-refractivity contribution is 5.93. The molecule has 0 aliphatic rings. The van der Waals surface area contributed by atoms with Crippen LogP contribution in [0.4, 0.5) is 0 Å². The van der Waals surface area contributed by atoms with Gasteiger partial charge in [0.25, 0.3) is 5.91 Å². The molecule has 1 heterocycles. The van der Waals surface area contributed by atoms with Crippen LogP contribution in [0.5, 0.6) is 0 Å². The Morgan fingerprint density at radius 3 is 2.80 bits per heavy atom. The Kier molecular flexibility index (Phi) is 6.71. The number of hydrogen-bond acceptors (Lipinski definition) is 2. The summed E-state index contributed by atoms with van der Waals surface area (Å²) in [5, 5.41) is 2.85. The van der Waals surface area contributed by atoms with Gasteiger partial charge in [-0.25, -0.2) is 0 Å². The smallest absolute Gasteiger partial charge is 0.252 e. The summed E-state index contributed by atoms with van der Waals surface area (Å²) >= 11 is 0. The lowest BCUT2D eigenvalue weighted by Crippen LogP contribution is -2.25. The van der Waals surface area contributed by atoms with Gasteiger partial charge in [0.15, 0.2) is 0 Å². The van der Waals surface area contributed by atoms with Crippen molar-refractivity contribution in [3.8, 4) is 0 Å². The number of aromatic nitrogens is 1. The van der Waals surface area contributed by atoms with Crippen LogP contribution >= 0.6 is 12.4 Å². The highest BCUT2D eigenvalue weighted by atomic mass is 35.5. The molecule has 1 rings (SSSR count). The van der Waals surface area contributed by atoms with Crippen molar-refractivity contribution in [1.82, 2.24) is 10.3 Å². The van der Waals surface area contributed by atoms with Gasteiger partial charge in [-0.05, 0) is 24.5 Å². The minimum absolute atomic E-state index is 0. The van der Waals surface area contributed by atoms with Gasteiger partial charge in [0.05, 0.1) is 5.56 Å². The number of halogens is 1. The Balaban J connectivity index is 0.00000196. The Labute approximate surface area is 96.7 Å². The molecule has 0 aliphatic carbocycles. The van der Waals surface area contributed by atoms with Crippen molar-refractivity contribution in [2.24, 2.45) is 5.92 Å². The van der Waals surface area contributed by atoms with Crippen LogP contribution in [0.3, 0.4) is 0 Å². The van der Waals surface area contributed by atoms with Crippen LogP contribution in [0.2, 0.25) is 0 Å². The molecule has 0 unspecified atom stereocenters. The molecule has 15 heavy (non-hydrogen) atoms. The molecule has 84 valence electrons. The van der Waals surface area contributed by atoms with Gasteiger partial charge in [0, 0.05) is 18.9 Å². The van der Waals surface area contributed by atoms with Crippen molar-refractivity contribution < 1.29 is 4.79 Å². The summed E-state index contributed by atoms with van der Waals surface area (Å²) in [5.41, 5.74) is 0.622. The Morgan fingerprint density at radius 1 is 1.53 bits per heavy atom. The summed E-state index contributed by atoms with van der Waals surface area (Å²) in [6.07, 6.45) is 4.24. The van der Waals surface area contributed by atoms with E-state index in [0.29, 0.717) is 11.5 Å². The summed E-state index contributed by atoms with van der Waals surface area (Å²) in [7, 11) is 0. The van der Waals surface area contributed by atoms with Crippen LogP contribution in [-0.2, 0) is 0 Å². The molecule has 0 aliphatic heterocycles. The van der Waals surface area contributed by atoms with Crippen molar-refractivity contribution in [3.63, 3.8) is 0 Å². The molecule has 0 spiro atoms. The van der Waals surface area contributed by atoms with E-state index in [4.69, 9.17) is 0 Å². The second kappa shape index (κ2) is 7.23. The van der Waals surface area contributed by atoms with E-state index in [1.54, 1.807) is 24.5 Å². The molecule has 4 heteroatoms. The number of nitrogens with zero attached hydrogens (tertiary/aromatic N) is 1. The first-order chi connectivity index (χ1) is 6.70. The summed E-state index contributed by atoms with van der Waals surface area (Å²) in [5.74, 6) is 0.572. The van der Waals surface area contributed by atoms with E-state index in [2.05, 4.69) is 24.1 Å². The van der Waals surface area contributed by atoms with Gasteiger partial charge in [-0.3, -0.25) is 9.78 Å². The first-order valence-corrected chi connectivity index (χ1v) is 4.88. The van der Waals surface area contributed by atoms with E-state index in [0.717, 1.165) is 13.0 Å². The Morgan fingerprint density at radius 2 is 2.27 bits per heavy atom. The van der Waals surface area contributed by atoms with Crippen LogP contribution < -0.4 is 5.32 Å². The number of hydrogen-bond donors (Lipinski definition) is 1. The van der Waals surface area contributed by atoms with Gasteiger partial charge in [-0.15, -0.1) is 12.4 Å². The van der Waals surface area contributed by atoms with Gasteiger partial charge < -0.3 is 5.32 Å². The SMILES string of the molecule is CC(C)CCNC(=O)c1cccnc1.Cl. The minimum Gasteiger partial charge on any atom is -0.352 e. The molecule has 0 bridgehead atoms. The minimum atomic E-state index is -0.0428. The summed E-state index contributed by atoms with van der Waals surface area (Å²) < 4.78 is 0. The number of pyridine rings is 1. The molecule has 1 N–H and O–H groups in total. The van der Waals surface area contributed by atoms with Gasteiger partial charge in [-0.2, -0.15) is 0 Å². The van der Waals surface area contributed by atoms with Crippen molar-refractivity contribution in [2.45, 2.75) is 20.3 Å². The maximum absolute atomic E-state index is 11.5. The standard InChI is InChI=1S/C11H16N2O.ClH/c1-9(2)5-7-13-11(14)10-4-3-6-12-8-10;/h3-4,6,8-9H,5,7H2,1-2H3,(H,13,14);1H. The monoisotopic (exact) mass is 228 g/mol. The fourth-order valence-corrected chi connectivity index (χ4v) is 1.07. The van der Waals surface area contributed by atoms with Crippen LogP contribution in [0.1, 0.15) is 30.6 Å². The summed E-state index contributed by atoms with van der Waals surface area (Å²) in [4.78, 5) is 15.4. The normalized spacial score (nSPS) is 9.53. The maximum Gasteiger partial charge on any atom is 0.252 e. The Bertz CT molecular complexity index is 288. The van der Waals surface area contributed by atoms with Crippen LogP contribution in [0.15, 0.2) is 24.5 Å². The number of nitrogens with one attached hydrogen (secondary N) is 1. The molecule has 0 radical (unpaired) electrons. The lowest BCUT2D eigenvalue weighted by molar-refractivity contribution is 0.0951. The number of rotatable bonds is 4. The average molecular weight is 229 g/mol. The lowest BCUT2D eigenvalue weighted by Gasteiger charge is -2.06. The maximum atomic E-state index is 11.5. The third-order valence-electron chi connectivity index (χ3n) is 1.93. The van der Waals surface area contributed by atoms with Crippen molar-refractivity contribution in [1.29, 1.82) is 0 Å². The van der Waals surface area contributed by atoms with E-state index in [1.165, 1.54) is 0 Å². The molecule has 0 aromatic carbocycles. The molecule has 1 aromatic rings. The molecule has 1 amide bonds. The quantitative estimate of drug-likeness (QED) is 0.859. The van der Waals surface area contributed by atoms with Crippen molar-refractivity contribution in [3.05, 3.63) is 30.1 Å². The summed E-state index contributed by atoms with van der Waals surface area (Å²) in [6.45, 7) is 5.00. The Hall–Kier alpha value is -1.09. The highest BCUT2D eigenvalue weighted by Crippen LogP contribution is 1.98. The predicted molar refractivity (Wildman–Crippen MR) is 63.3 cm³/mol. The van der Waals surface area contributed by atoms with Gasteiger partial charge in [0.2, 0.25) is 0 Å². The second-order valence-corrected chi connectivity index (χ2v) is 3.68. The fourth-order valence-electron chi connectivity index (χ4n) is 1.07. The van der Waals surface area contributed by atoms with Gasteiger partial charge in [-0.1, -0.05) is 13.8 Å². The van der Waals surface area contributed by atoms with E-state index in [1.807, 2.05) is 0 Å². The zero-order valence-electron chi connectivity index (χ0n) is 9.06. The zero-order chi connectivity index (χ0) is 10.4. The molecule has 0 atom stereocenters. The first kappa shape index (κ1) is 13.9. The molecular weight excluding hydrogens is 212 g/mol. The third kappa shape index (κ3) is 5.37. The van der Waals surface area contributed by atoms with E-state index in [-0.39, 0.29) is 18.3 Å². The van der Waals surface area contributed by atoms with Crippen LogP contribution in [0, 0.1) is 5.92 Å². The number of carbonyl (C=O) groups is 1. The van der Waals surface area contributed by atoms with Crippen molar-refractivity contribution in [2.75, 3.05) is 6.54 Å². The third-order valence-corrected chi connectivity index (χ3v) is 1.93. The molecule has 0 saturated heterocycles. The molecule has 0 saturated carbocycles. The number of carbonyl (C=O) groups excluding carboxylic acids is 1. The van der Waals surface area contributed by atoms with E-state index in [9.17, 15) is 4.79 Å². The molecule has 0 fully saturated rings. The van der Waals surface area contributed by atoms with Gasteiger partial charge >= 0.3 is 0 Å². The molecule has 1 aromatic heterocycles. The molecule has 3 nitrogen and oxygen atoms in total.